The summed E-state index contributed by atoms with van der Waals surface area (Å²) in [5, 5.41) is 0. The number of benzene rings is 1. The summed E-state index contributed by atoms with van der Waals surface area (Å²) in [6, 6.07) is 9.18. The molecule has 108 valence electrons. The number of hydrogen-bond donors (Lipinski definition) is 1. The van der Waals surface area contributed by atoms with Gasteiger partial charge in [0.1, 0.15) is 0 Å². The van der Waals surface area contributed by atoms with Crippen molar-refractivity contribution in [3.63, 3.8) is 0 Å². The first-order chi connectivity index (χ1) is 9.15. The standard InChI is InChI=1S/C16H28N2S/c1-5-13(3)12-18(6-2)16(11-17)14-7-9-15(19-4)10-8-14/h7-10,13,16H,5-6,11-12,17H2,1-4H3. The normalized spacial score (nSPS) is 14.6. The average molecular weight is 280 g/mol. The third kappa shape index (κ3) is 4.83. The van der Waals surface area contributed by atoms with E-state index in [0.29, 0.717) is 12.6 Å². The molecule has 0 fully saturated rings. The maximum absolute atomic E-state index is 6.02. The van der Waals surface area contributed by atoms with E-state index in [1.165, 1.54) is 16.9 Å². The Labute approximate surface area is 122 Å². The highest BCUT2D eigenvalue weighted by Crippen LogP contribution is 2.24. The number of nitrogens with zero attached hydrogens (tertiary/aromatic N) is 1. The van der Waals surface area contributed by atoms with Crippen molar-refractivity contribution in [3.05, 3.63) is 29.8 Å². The molecule has 2 atom stereocenters. The van der Waals surface area contributed by atoms with Gasteiger partial charge in [-0.3, -0.25) is 4.90 Å². The Morgan fingerprint density at radius 2 is 1.84 bits per heavy atom. The van der Waals surface area contributed by atoms with Crippen LogP contribution in [0.15, 0.2) is 29.2 Å². The molecular weight excluding hydrogens is 252 g/mol. The van der Waals surface area contributed by atoms with Gasteiger partial charge >= 0.3 is 0 Å². The summed E-state index contributed by atoms with van der Waals surface area (Å²) in [6.45, 7) is 9.65. The molecule has 2 nitrogen and oxygen atoms in total. The Hall–Kier alpha value is -0.510. The van der Waals surface area contributed by atoms with Crippen LogP contribution in [-0.2, 0) is 0 Å². The van der Waals surface area contributed by atoms with Crippen LogP contribution < -0.4 is 5.73 Å². The lowest BCUT2D eigenvalue weighted by molar-refractivity contribution is 0.182. The second-order valence-electron chi connectivity index (χ2n) is 5.13. The van der Waals surface area contributed by atoms with Crippen LogP contribution in [0.25, 0.3) is 0 Å². The van der Waals surface area contributed by atoms with Crippen molar-refractivity contribution < 1.29 is 0 Å². The van der Waals surface area contributed by atoms with Crippen LogP contribution in [0, 0.1) is 5.92 Å². The van der Waals surface area contributed by atoms with Crippen molar-refractivity contribution in [1.82, 2.24) is 4.90 Å². The van der Waals surface area contributed by atoms with Gasteiger partial charge in [0.2, 0.25) is 0 Å². The molecule has 0 radical (unpaired) electrons. The van der Waals surface area contributed by atoms with Gasteiger partial charge in [0.05, 0.1) is 0 Å². The smallest absolute Gasteiger partial charge is 0.0470 e. The molecule has 0 spiro atoms. The van der Waals surface area contributed by atoms with E-state index in [4.69, 9.17) is 5.73 Å². The predicted molar refractivity (Wildman–Crippen MR) is 86.7 cm³/mol. The number of rotatable bonds is 8. The molecular formula is C16H28N2S. The molecule has 0 aliphatic rings. The highest BCUT2D eigenvalue weighted by Gasteiger charge is 2.19. The Morgan fingerprint density at radius 3 is 2.26 bits per heavy atom. The minimum absolute atomic E-state index is 0.343. The van der Waals surface area contributed by atoms with Crippen LogP contribution in [0.4, 0.5) is 0 Å². The molecule has 0 saturated carbocycles. The lowest BCUT2D eigenvalue weighted by Crippen LogP contribution is -2.36. The van der Waals surface area contributed by atoms with Crippen molar-refractivity contribution in [2.75, 3.05) is 25.9 Å². The topological polar surface area (TPSA) is 29.3 Å². The zero-order valence-corrected chi connectivity index (χ0v) is 13.5. The highest BCUT2D eigenvalue weighted by atomic mass is 32.2. The molecule has 0 heterocycles. The van der Waals surface area contributed by atoms with Gasteiger partial charge in [-0.25, -0.2) is 0 Å². The summed E-state index contributed by atoms with van der Waals surface area (Å²) in [4.78, 5) is 3.81. The predicted octanol–water partition coefficient (Wildman–Crippen LogP) is 3.78. The molecule has 0 aliphatic heterocycles. The minimum atomic E-state index is 0.343. The van der Waals surface area contributed by atoms with E-state index >= 15 is 0 Å². The fraction of sp³-hybridized carbons (Fsp3) is 0.625. The number of likely N-dealkylation sites (N-methyl/N-ethyl adjacent to an activating group) is 1. The minimum Gasteiger partial charge on any atom is -0.329 e. The molecule has 1 rings (SSSR count). The largest absolute Gasteiger partial charge is 0.329 e. The van der Waals surface area contributed by atoms with Crippen LogP contribution >= 0.6 is 11.8 Å². The fourth-order valence-corrected chi connectivity index (χ4v) is 2.74. The van der Waals surface area contributed by atoms with E-state index in [1.54, 1.807) is 11.8 Å². The van der Waals surface area contributed by atoms with Gasteiger partial charge in [0.25, 0.3) is 0 Å². The van der Waals surface area contributed by atoms with Crippen LogP contribution in [0.5, 0.6) is 0 Å². The van der Waals surface area contributed by atoms with Crippen molar-refractivity contribution in [2.45, 2.75) is 38.1 Å². The molecule has 2 unspecified atom stereocenters. The maximum atomic E-state index is 6.02. The third-order valence-electron chi connectivity index (χ3n) is 3.81. The van der Waals surface area contributed by atoms with Gasteiger partial charge < -0.3 is 5.73 Å². The van der Waals surface area contributed by atoms with E-state index in [2.05, 4.69) is 56.2 Å². The van der Waals surface area contributed by atoms with Gasteiger partial charge in [-0.05, 0) is 36.4 Å². The van der Waals surface area contributed by atoms with E-state index in [-0.39, 0.29) is 0 Å². The molecule has 0 aromatic heterocycles. The molecule has 1 aromatic rings. The van der Waals surface area contributed by atoms with E-state index in [9.17, 15) is 0 Å². The van der Waals surface area contributed by atoms with Gasteiger partial charge in [0.15, 0.2) is 0 Å². The first kappa shape index (κ1) is 16.5. The first-order valence-electron chi connectivity index (χ1n) is 7.24. The summed E-state index contributed by atoms with van der Waals surface area (Å²) in [6.07, 6.45) is 3.33. The molecule has 1 aromatic carbocycles. The number of hydrogen-bond acceptors (Lipinski definition) is 3. The second-order valence-corrected chi connectivity index (χ2v) is 6.01. The molecule has 0 saturated heterocycles. The molecule has 0 aliphatic carbocycles. The average Bonchev–Trinajstić information content (AvgIpc) is 2.47. The van der Waals surface area contributed by atoms with Gasteiger partial charge in [-0.2, -0.15) is 0 Å². The lowest BCUT2D eigenvalue weighted by atomic mass is 10.0. The first-order valence-corrected chi connectivity index (χ1v) is 8.46. The zero-order chi connectivity index (χ0) is 14.3. The summed E-state index contributed by atoms with van der Waals surface area (Å²) >= 11 is 1.78. The van der Waals surface area contributed by atoms with Gasteiger partial charge in [-0.1, -0.05) is 39.3 Å². The summed E-state index contributed by atoms with van der Waals surface area (Å²) in [5.74, 6) is 0.722. The van der Waals surface area contributed by atoms with Gasteiger partial charge in [0, 0.05) is 24.0 Å². The molecule has 2 N–H and O–H groups in total. The quantitative estimate of drug-likeness (QED) is 0.735. The van der Waals surface area contributed by atoms with Crippen molar-refractivity contribution in [3.8, 4) is 0 Å². The monoisotopic (exact) mass is 280 g/mol. The van der Waals surface area contributed by atoms with Crippen LogP contribution in [0.3, 0.4) is 0 Å². The van der Waals surface area contributed by atoms with E-state index in [1.807, 2.05) is 0 Å². The lowest BCUT2D eigenvalue weighted by Gasteiger charge is -2.32. The number of nitrogens with two attached hydrogens (primary N) is 1. The van der Waals surface area contributed by atoms with Crippen LogP contribution in [0.2, 0.25) is 0 Å². The third-order valence-corrected chi connectivity index (χ3v) is 4.56. The maximum Gasteiger partial charge on any atom is 0.0470 e. The molecule has 0 bridgehead atoms. The van der Waals surface area contributed by atoms with E-state index in [0.717, 1.165) is 19.0 Å². The highest BCUT2D eigenvalue weighted by molar-refractivity contribution is 7.98. The zero-order valence-electron chi connectivity index (χ0n) is 12.7. The fourth-order valence-electron chi connectivity index (χ4n) is 2.33. The van der Waals surface area contributed by atoms with Gasteiger partial charge in [-0.15, -0.1) is 11.8 Å². The summed E-state index contributed by atoms with van der Waals surface area (Å²) in [7, 11) is 0. The Balaban J connectivity index is 2.83. The Kier molecular flexibility index (Phi) is 7.51. The van der Waals surface area contributed by atoms with Crippen molar-refractivity contribution in [2.24, 2.45) is 11.7 Å². The molecule has 19 heavy (non-hydrogen) atoms. The summed E-state index contributed by atoms with van der Waals surface area (Å²) < 4.78 is 0. The van der Waals surface area contributed by atoms with Crippen molar-refractivity contribution in [1.29, 1.82) is 0 Å². The van der Waals surface area contributed by atoms with Crippen LogP contribution in [0.1, 0.15) is 38.8 Å². The Morgan fingerprint density at radius 1 is 1.21 bits per heavy atom. The second kappa shape index (κ2) is 8.62. The van der Waals surface area contributed by atoms with Crippen molar-refractivity contribution >= 4 is 11.8 Å². The Bertz CT molecular complexity index is 350. The molecule has 3 heteroatoms. The number of thioether (sulfide) groups is 1. The van der Waals surface area contributed by atoms with E-state index < -0.39 is 0 Å². The molecule has 0 amide bonds. The SMILES string of the molecule is CCC(C)CN(CC)C(CN)c1ccc(SC)cc1. The summed E-state index contributed by atoms with van der Waals surface area (Å²) in [5.41, 5.74) is 7.36. The van der Waals surface area contributed by atoms with Crippen LogP contribution in [-0.4, -0.2) is 30.8 Å².